The quantitative estimate of drug-likeness (QED) is 0.334. The van der Waals surface area contributed by atoms with Gasteiger partial charge in [0.25, 0.3) is 11.8 Å². The average molecular weight is 524 g/mol. The molecule has 34 heavy (non-hydrogen) atoms. The van der Waals surface area contributed by atoms with Crippen LogP contribution in [0.3, 0.4) is 0 Å². The zero-order chi connectivity index (χ0) is 23.9. The minimum Gasteiger partial charge on any atom is -0.484 e. The molecule has 2 amide bonds. The number of carbonyl (C=O) groups is 2. The zero-order valence-electron chi connectivity index (χ0n) is 18.9. The van der Waals surface area contributed by atoms with Gasteiger partial charge in [-0.25, -0.2) is 5.43 Å². The number of furan rings is 1. The molecule has 8 heteroatoms. The number of nitrogens with one attached hydrogen (secondary N) is 2. The summed E-state index contributed by atoms with van der Waals surface area (Å²) in [5.41, 5.74) is 7.08. The van der Waals surface area contributed by atoms with Gasteiger partial charge in [-0.15, -0.1) is 0 Å². The molecule has 0 unspecified atom stereocenters. The Kier molecular flexibility index (Phi) is 7.80. The highest BCUT2D eigenvalue weighted by Gasteiger charge is 2.11. The summed E-state index contributed by atoms with van der Waals surface area (Å²) in [6.45, 7) is 1.66. The van der Waals surface area contributed by atoms with Crippen LogP contribution in [0.4, 0.5) is 0 Å². The van der Waals surface area contributed by atoms with E-state index in [-0.39, 0.29) is 19.1 Å². The first kappa shape index (κ1) is 23.8. The van der Waals surface area contributed by atoms with Gasteiger partial charge in [-0.2, -0.15) is 5.10 Å². The first-order valence-corrected chi connectivity index (χ1v) is 12.0. The lowest BCUT2D eigenvalue weighted by Crippen LogP contribution is -2.37. The number of halogens is 1. The van der Waals surface area contributed by atoms with Gasteiger partial charge in [-0.1, -0.05) is 28.1 Å². The Morgan fingerprint density at radius 1 is 1.06 bits per heavy atom. The number of aryl methyl sites for hydroxylation is 3. The normalized spacial score (nSPS) is 12.9. The summed E-state index contributed by atoms with van der Waals surface area (Å²) >= 11 is 3.54. The van der Waals surface area contributed by atoms with Gasteiger partial charge in [-0.05, 0) is 85.7 Å². The molecule has 3 aromatic rings. The third-order valence-electron chi connectivity index (χ3n) is 5.53. The number of amides is 2. The fourth-order valence-electron chi connectivity index (χ4n) is 3.77. The van der Waals surface area contributed by atoms with Gasteiger partial charge >= 0.3 is 0 Å². The van der Waals surface area contributed by atoms with E-state index in [2.05, 4.69) is 37.8 Å². The average Bonchev–Trinajstić information content (AvgIpc) is 3.29. The number of ether oxygens (including phenoxy) is 1. The lowest BCUT2D eigenvalue weighted by molar-refractivity contribution is -0.127. The summed E-state index contributed by atoms with van der Waals surface area (Å²) in [5.74, 6) is 1.01. The Hall–Kier alpha value is -3.39. The van der Waals surface area contributed by atoms with Crippen LogP contribution in [-0.2, 0) is 22.4 Å². The molecule has 2 N–H and O–H groups in total. The molecule has 176 valence electrons. The lowest BCUT2D eigenvalue weighted by Gasteiger charge is -2.16. The van der Waals surface area contributed by atoms with Crippen molar-refractivity contribution in [3.05, 3.63) is 75.5 Å². The second-order valence-corrected chi connectivity index (χ2v) is 9.04. The van der Waals surface area contributed by atoms with E-state index in [4.69, 9.17) is 9.15 Å². The van der Waals surface area contributed by atoms with Crippen molar-refractivity contribution in [3.8, 4) is 17.1 Å². The van der Waals surface area contributed by atoms with Crippen LogP contribution in [0.1, 0.15) is 35.3 Å². The molecule has 0 radical (unpaired) electrons. The summed E-state index contributed by atoms with van der Waals surface area (Å²) in [7, 11) is 0. The molecule has 7 nitrogen and oxygen atoms in total. The van der Waals surface area contributed by atoms with E-state index in [9.17, 15) is 9.59 Å². The van der Waals surface area contributed by atoms with E-state index in [0.29, 0.717) is 17.3 Å². The molecule has 1 heterocycles. The summed E-state index contributed by atoms with van der Waals surface area (Å²) in [6, 6.07) is 15.5. The Morgan fingerprint density at radius 3 is 2.71 bits per heavy atom. The Bertz CT molecular complexity index is 1220. The number of rotatable bonds is 8. The number of hydrazone groups is 1. The van der Waals surface area contributed by atoms with Crippen molar-refractivity contribution in [2.24, 2.45) is 5.10 Å². The highest BCUT2D eigenvalue weighted by molar-refractivity contribution is 9.10. The van der Waals surface area contributed by atoms with Gasteiger partial charge in [0.15, 0.2) is 6.61 Å². The molecule has 0 saturated heterocycles. The molecule has 0 saturated carbocycles. The van der Waals surface area contributed by atoms with Crippen molar-refractivity contribution in [3.63, 3.8) is 0 Å². The Labute approximate surface area is 206 Å². The topological polar surface area (TPSA) is 92.9 Å². The van der Waals surface area contributed by atoms with Crippen LogP contribution in [0.2, 0.25) is 0 Å². The van der Waals surface area contributed by atoms with E-state index >= 15 is 0 Å². The number of nitrogens with zero attached hydrogens (tertiary/aromatic N) is 1. The van der Waals surface area contributed by atoms with Gasteiger partial charge in [0.1, 0.15) is 17.3 Å². The molecule has 4 rings (SSSR count). The second-order valence-electron chi connectivity index (χ2n) is 8.18. The SMILES string of the molecule is Cc1ccc(-c2ccc(/C=N\NC(=O)CNC(=O)COc3ccc4c(c3)CCCC4)o2)c(Br)c1. The Balaban J connectivity index is 1.19. The van der Waals surface area contributed by atoms with Crippen molar-refractivity contribution in [1.29, 1.82) is 0 Å². The van der Waals surface area contributed by atoms with Crippen LogP contribution in [0.5, 0.6) is 5.75 Å². The van der Waals surface area contributed by atoms with Crippen molar-refractivity contribution < 1.29 is 18.7 Å². The molecular weight excluding hydrogens is 498 g/mol. The largest absolute Gasteiger partial charge is 0.484 e. The fourth-order valence-corrected chi connectivity index (χ4v) is 4.46. The van der Waals surface area contributed by atoms with Crippen molar-refractivity contribution in [1.82, 2.24) is 10.7 Å². The molecule has 1 aliphatic rings. The second kappa shape index (κ2) is 11.2. The molecular formula is C26H26BrN3O4. The molecule has 2 aromatic carbocycles. The van der Waals surface area contributed by atoms with E-state index in [1.807, 2.05) is 43.3 Å². The highest BCUT2D eigenvalue weighted by atomic mass is 79.9. The number of fused-ring (bicyclic) bond motifs is 1. The maximum absolute atomic E-state index is 12.0. The van der Waals surface area contributed by atoms with E-state index < -0.39 is 5.91 Å². The minimum atomic E-state index is -0.452. The third-order valence-corrected chi connectivity index (χ3v) is 6.19. The van der Waals surface area contributed by atoms with Gasteiger partial charge in [0, 0.05) is 10.0 Å². The van der Waals surface area contributed by atoms with E-state index in [1.54, 1.807) is 6.07 Å². The molecule has 0 spiro atoms. The molecule has 1 aliphatic carbocycles. The number of benzene rings is 2. The van der Waals surface area contributed by atoms with Gasteiger partial charge in [-0.3, -0.25) is 9.59 Å². The maximum Gasteiger partial charge on any atom is 0.259 e. The molecule has 0 bridgehead atoms. The van der Waals surface area contributed by atoms with Crippen LogP contribution in [0.25, 0.3) is 11.3 Å². The Morgan fingerprint density at radius 2 is 1.88 bits per heavy atom. The smallest absolute Gasteiger partial charge is 0.259 e. The van der Waals surface area contributed by atoms with Crippen LogP contribution in [-0.4, -0.2) is 31.2 Å². The summed E-state index contributed by atoms with van der Waals surface area (Å²) in [5, 5.41) is 6.41. The van der Waals surface area contributed by atoms with Crippen molar-refractivity contribution in [2.75, 3.05) is 13.2 Å². The van der Waals surface area contributed by atoms with E-state index in [0.717, 1.165) is 28.4 Å². The summed E-state index contributed by atoms with van der Waals surface area (Å²) in [6.07, 6.45) is 5.95. The van der Waals surface area contributed by atoms with Crippen LogP contribution >= 0.6 is 15.9 Å². The highest BCUT2D eigenvalue weighted by Crippen LogP contribution is 2.30. The standard InChI is InChI=1S/C26H26BrN3O4/c1-17-6-10-22(23(27)12-17)24-11-9-21(34-24)14-29-30-25(31)15-28-26(32)16-33-20-8-7-18-4-2-3-5-19(18)13-20/h6-14H,2-5,15-16H2,1H3,(H,28,32)(H,30,31)/b29-14-. The van der Waals surface area contributed by atoms with Gasteiger partial charge in [0.05, 0.1) is 12.8 Å². The van der Waals surface area contributed by atoms with Crippen molar-refractivity contribution >= 4 is 34.0 Å². The first-order valence-electron chi connectivity index (χ1n) is 11.2. The predicted molar refractivity (Wildman–Crippen MR) is 134 cm³/mol. The van der Waals surface area contributed by atoms with Crippen LogP contribution in [0.15, 0.2) is 62.5 Å². The number of hydrogen-bond donors (Lipinski definition) is 2. The number of hydrogen-bond acceptors (Lipinski definition) is 5. The first-order chi connectivity index (χ1) is 16.5. The predicted octanol–water partition coefficient (Wildman–Crippen LogP) is 4.54. The maximum atomic E-state index is 12.0. The fraction of sp³-hybridized carbons (Fsp3) is 0.269. The summed E-state index contributed by atoms with van der Waals surface area (Å²) < 4.78 is 12.3. The van der Waals surface area contributed by atoms with Crippen LogP contribution < -0.4 is 15.5 Å². The summed E-state index contributed by atoms with van der Waals surface area (Å²) in [4.78, 5) is 24.0. The van der Waals surface area contributed by atoms with Gasteiger partial charge < -0.3 is 14.5 Å². The molecule has 0 atom stereocenters. The minimum absolute atomic E-state index is 0.154. The van der Waals surface area contributed by atoms with Crippen molar-refractivity contribution in [2.45, 2.75) is 32.6 Å². The van der Waals surface area contributed by atoms with E-state index in [1.165, 1.54) is 30.2 Å². The molecule has 1 aromatic heterocycles. The number of carbonyl (C=O) groups excluding carboxylic acids is 2. The van der Waals surface area contributed by atoms with Crippen LogP contribution in [0, 0.1) is 6.92 Å². The van der Waals surface area contributed by atoms with Gasteiger partial charge in [0.2, 0.25) is 0 Å². The zero-order valence-corrected chi connectivity index (χ0v) is 20.5. The monoisotopic (exact) mass is 523 g/mol. The lowest BCUT2D eigenvalue weighted by atomic mass is 9.92. The molecule has 0 fully saturated rings. The third kappa shape index (κ3) is 6.35. The molecule has 0 aliphatic heterocycles.